The van der Waals surface area contributed by atoms with E-state index in [9.17, 15) is 18.8 Å². The van der Waals surface area contributed by atoms with E-state index < -0.39 is 29.6 Å². The summed E-state index contributed by atoms with van der Waals surface area (Å²) in [4.78, 5) is 40.9. The Bertz CT molecular complexity index is 1280. The third-order valence-corrected chi connectivity index (χ3v) is 7.46. The first kappa shape index (κ1) is 26.3. The average Bonchev–Trinajstić information content (AvgIpc) is 3.52. The zero-order valence-corrected chi connectivity index (χ0v) is 21.6. The lowest BCUT2D eigenvalue weighted by Gasteiger charge is -2.32. The first-order valence-corrected chi connectivity index (χ1v) is 13.0. The predicted octanol–water partition coefficient (Wildman–Crippen LogP) is 4.53. The fourth-order valence-corrected chi connectivity index (χ4v) is 5.30. The summed E-state index contributed by atoms with van der Waals surface area (Å²) in [5, 5.41) is 3.07. The number of carbonyl (C=O) groups is 3. The number of halogens is 1. The number of hydrogen-bond acceptors (Lipinski definition) is 6. The number of anilines is 2. The highest BCUT2D eigenvalue weighted by Crippen LogP contribution is 2.34. The lowest BCUT2D eigenvalue weighted by molar-refractivity contribution is -0.123. The van der Waals surface area contributed by atoms with Crippen LogP contribution in [0, 0.1) is 5.82 Å². The van der Waals surface area contributed by atoms with Gasteiger partial charge in [0.1, 0.15) is 16.7 Å². The van der Waals surface area contributed by atoms with Gasteiger partial charge in [-0.1, -0.05) is 51.0 Å². The van der Waals surface area contributed by atoms with E-state index in [0.29, 0.717) is 11.3 Å². The monoisotopic (exact) mass is 523 g/mol. The molecule has 5 N–H and O–H groups in total. The molecule has 1 aliphatic carbocycles. The van der Waals surface area contributed by atoms with Crippen LogP contribution in [0.5, 0.6) is 0 Å². The van der Waals surface area contributed by atoms with Crippen LogP contribution in [0.4, 0.5) is 15.8 Å². The molecule has 2 aromatic carbocycles. The Morgan fingerprint density at radius 2 is 1.62 bits per heavy atom. The van der Waals surface area contributed by atoms with Crippen molar-refractivity contribution in [2.75, 3.05) is 10.6 Å². The Labute approximate surface area is 219 Å². The number of nitrogens with one attached hydrogen (secondary N) is 1. The number of nitrogens with two attached hydrogens (primary N) is 2. The summed E-state index contributed by atoms with van der Waals surface area (Å²) in [6.07, 6.45) is 3.73. The standard InChI is InChI=1S/C27H30FN5O3S/c1-15(2)16-9-13-20(14-10-16)33(27(36)24-21(29)22(25(30)34)32-37-24)23(17-7-11-18(28)12-8-17)26(35)31-19-5-3-4-6-19/h7-15,19,23H,3-6,29H2,1-2H3,(H2,30,34)(H,31,35). The number of nitrogens with zero attached hydrogens (tertiary/aromatic N) is 2. The van der Waals surface area contributed by atoms with Crippen molar-refractivity contribution in [2.24, 2.45) is 5.73 Å². The lowest BCUT2D eigenvalue weighted by Crippen LogP contribution is -2.46. The molecular weight excluding hydrogens is 493 g/mol. The Hall–Kier alpha value is -3.79. The van der Waals surface area contributed by atoms with Gasteiger partial charge in [0, 0.05) is 11.7 Å². The smallest absolute Gasteiger partial charge is 0.273 e. The lowest BCUT2D eigenvalue weighted by atomic mass is 10.00. The minimum atomic E-state index is -1.13. The molecule has 1 fully saturated rings. The van der Waals surface area contributed by atoms with E-state index in [1.165, 1.54) is 29.2 Å². The number of benzene rings is 2. The van der Waals surface area contributed by atoms with E-state index in [4.69, 9.17) is 11.5 Å². The molecule has 1 aromatic heterocycles. The Kier molecular flexibility index (Phi) is 7.87. The molecule has 4 rings (SSSR count). The van der Waals surface area contributed by atoms with Gasteiger partial charge in [-0.15, -0.1) is 0 Å². The summed E-state index contributed by atoms with van der Waals surface area (Å²) >= 11 is 0.745. The van der Waals surface area contributed by atoms with Gasteiger partial charge in [0.15, 0.2) is 5.69 Å². The molecule has 0 saturated heterocycles. The number of rotatable bonds is 8. The highest BCUT2D eigenvalue weighted by molar-refractivity contribution is 7.09. The molecule has 0 radical (unpaired) electrons. The summed E-state index contributed by atoms with van der Waals surface area (Å²) in [5.41, 5.74) is 13.1. The van der Waals surface area contributed by atoms with Gasteiger partial charge in [-0.25, -0.2) is 4.39 Å². The third-order valence-electron chi connectivity index (χ3n) is 6.61. The van der Waals surface area contributed by atoms with Gasteiger partial charge in [-0.2, -0.15) is 4.37 Å². The molecule has 1 unspecified atom stereocenters. The molecule has 1 atom stereocenters. The number of amides is 3. The van der Waals surface area contributed by atoms with Crippen LogP contribution in [0.2, 0.25) is 0 Å². The summed E-state index contributed by atoms with van der Waals surface area (Å²) in [6, 6.07) is 11.7. The van der Waals surface area contributed by atoms with E-state index in [1.807, 2.05) is 12.1 Å². The van der Waals surface area contributed by atoms with E-state index in [-0.39, 0.29) is 28.2 Å². The zero-order chi connectivity index (χ0) is 26.7. The average molecular weight is 524 g/mol. The molecule has 0 aliphatic heterocycles. The fourth-order valence-electron chi connectivity index (χ4n) is 4.55. The van der Waals surface area contributed by atoms with Crippen LogP contribution in [-0.2, 0) is 4.79 Å². The maximum Gasteiger partial charge on any atom is 0.273 e. The molecule has 8 nitrogen and oxygen atoms in total. The molecule has 1 heterocycles. The van der Waals surface area contributed by atoms with Crippen LogP contribution in [0.25, 0.3) is 0 Å². The number of nitrogen functional groups attached to an aromatic ring is 1. The molecule has 0 bridgehead atoms. The quantitative estimate of drug-likeness (QED) is 0.399. The van der Waals surface area contributed by atoms with E-state index in [0.717, 1.165) is 42.8 Å². The van der Waals surface area contributed by atoms with Gasteiger partial charge in [-0.3, -0.25) is 19.3 Å². The molecular formula is C27H30FN5O3S. The first-order valence-electron chi connectivity index (χ1n) is 12.2. The molecule has 0 spiro atoms. The Morgan fingerprint density at radius 1 is 1.03 bits per heavy atom. The summed E-state index contributed by atoms with van der Waals surface area (Å²) in [5.74, 6) is -2.06. The van der Waals surface area contributed by atoms with Crippen molar-refractivity contribution < 1.29 is 18.8 Å². The minimum Gasteiger partial charge on any atom is -0.395 e. The molecule has 1 saturated carbocycles. The van der Waals surface area contributed by atoms with Gasteiger partial charge >= 0.3 is 0 Å². The van der Waals surface area contributed by atoms with Gasteiger partial charge < -0.3 is 16.8 Å². The fraction of sp³-hybridized carbons (Fsp3) is 0.333. The van der Waals surface area contributed by atoms with Crippen molar-refractivity contribution in [3.05, 3.63) is 76.0 Å². The van der Waals surface area contributed by atoms with Crippen molar-refractivity contribution in [3.63, 3.8) is 0 Å². The topological polar surface area (TPSA) is 131 Å². The molecule has 3 amide bonds. The number of aromatic nitrogens is 1. The van der Waals surface area contributed by atoms with Crippen LogP contribution >= 0.6 is 11.5 Å². The van der Waals surface area contributed by atoms with Crippen molar-refractivity contribution in [1.82, 2.24) is 9.69 Å². The van der Waals surface area contributed by atoms with Crippen molar-refractivity contribution in [3.8, 4) is 0 Å². The van der Waals surface area contributed by atoms with E-state index >= 15 is 0 Å². The second-order valence-electron chi connectivity index (χ2n) is 9.50. The summed E-state index contributed by atoms with van der Waals surface area (Å²) < 4.78 is 17.8. The van der Waals surface area contributed by atoms with Gasteiger partial charge in [-0.05, 0) is 65.7 Å². The highest BCUT2D eigenvalue weighted by Gasteiger charge is 2.37. The van der Waals surface area contributed by atoms with Gasteiger partial charge in [0.05, 0.1) is 5.69 Å². The Balaban J connectivity index is 1.85. The molecule has 1 aliphatic rings. The summed E-state index contributed by atoms with van der Waals surface area (Å²) in [6.45, 7) is 4.11. The number of hydrogen-bond donors (Lipinski definition) is 3. The molecule has 194 valence electrons. The highest BCUT2D eigenvalue weighted by atomic mass is 32.1. The van der Waals surface area contributed by atoms with Gasteiger partial charge in [0.25, 0.3) is 11.8 Å². The molecule has 37 heavy (non-hydrogen) atoms. The van der Waals surface area contributed by atoms with Crippen LogP contribution in [0.3, 0.4) is 0 Å². The van der Waals surface area contributed by atoms with Crippen molar-refractivity contribution >= 4 is 40.6 Å². The maximum absolute atomic E-state index is 14.1. The Morgan fingerprint density at radius 3 is 2.16 bits per heavy atom. The number of primary amides is 1. The minimum absolute atomic E-state index is 0.00865. The summed E-state index contributed by atoms with van der Waals surface area (Å²) in [7, 11) is 0. The first-order chi connectivity index (χ1) is 17.7. The van der Waals surface area contributed by atoms with Crippen LogP contribution < -0.4 is 21.7 Å². The second-order valence-corrected chi connectivity index (χ2v) is 10.3. The largest absolute Gasteiger partial charge is 0.395 e. The molecule has 10 heteroatoms. The van der Waals surface area contributed by atoms with Crippen LogP contribution in [0.1, 0.15) is 82.8 Å². The third kappa shape index (κ3) is 5.64. The number of carbonyl (C=O) groups excluding carboxylic acids is 3. The van der Waals surface area contributed by atoms with E-state index in [1.54, 1.807) is 12.1 Å². The zero-order valence-electron chi connectivity index (χ0n) is 20.7. The van der Waals surface area contributed by atoms with Crippen molar-refractivity contribution in [1.29, 1.82) is 0 Å². The SMILES string of the molecule is CC(C)c1ccc(N(C(=O)c2snc(C(N)=O)c2N)C(C(=O)NC2CCCC2)c2ccc(F)cc2)cc1. The van der Waals surface area contributed by atoms with Gasteiger partial charge in [0.2, 0.25) is 5.91 Å². The van der Waals surface area contributed by atoms with E-state index in [2.05, 4.69) is 23.5 Å². The predicted molar refractivity (Wildman–Crippen MR) is 142 cm³/mol. The second kappa shape index (κ2) is 11.1. The maximum atomic E-state index is 14.1. The van der Waals surface area contributed by atoms with Crippen LogP contribution in [0.15, 0.2) is 48.5 Å². The normalized spacial score (nSPS) is 14.5. The van der Waals surface area contributed by atoms with Crippen LogP contribution in [-0.4, -0.2) is 28.1 Å². The molecule has 3 aromatic rings. The van der Waals surface area contributed by atoms with Crippen molar-refractivity contribution in [2.45, 2.75) is 57.5 Å².